The van der Waals surface area contributed by atoms with Gasteiger partial charge in [0.05, 0.1) is 0 Å². The third-order valence-corrected chi connectivity index (χ3v) is 1.12. The summed E-state index contributed by atoms with van der Waals surface area (Å²) in [6, 6.07) is 0. The molecule has 0 spiro atoms. The fourth-order valence-electron chi connectivity index (χ4n) is 0.580. The lowest BCUT2D eigenvalue weighted by molar-refractivity contribution is -0.112. The molecule has 0 heterocycles. The maximum Gasteiger partial charge on any atom is 0.152 e. The van der Waals surface area contributed by atoms with Crippen LogP contribution in [0.25, 0.3) is 0 Å². The zero-order valence-electron chi connectivity index (χ0n) is 6.92. The molecular weight excluding hydrogens is 136 g/mol. The van der Waals surface area contributed by atoms with Crippen molar-refractivity contribution >= 4 is 5.78 Å². The second-order valence-corrected chi connectivity index (χ2v) is 2.26. The first-order valence-corrected chi connectivity index (χ1v) is 3.72. The van der Waals surface area contributed by atoms with Crippen LogP contribution >= 0.6 is 0 Å². The van der Waals surface area contributed by atoms with Crippen LogP contribution in [0.2, 0.25) is 0 Å². The van der Waals surface area contributed by atoms with Gasteiger partial charge in [-0.1, -0.05) is 24.3 Å². The number of carbonyl (C=O) groups is 1. The van der Waals surface area contributed by atoms with Crippen molar-refractivity contribution in [3.8, 4) is 0 Å². The zero-order chi connectivity index (χ0) is 8.53. The van der Waals surface area contributed by atoms with E-state index < -0.39 is 0 Å². The van der Waals surface area contributed by atoms with E-state index in [-0.39, 0.29) is 5.78 Å². The first-order valence-electron chi connectivity index (χ1n) is 3.72. The van der Waals surface area contributed by atoms with E-state index >= 15 is 0 Å². The van der Waals surface area contributed by atoms with E-state index in [1.165, 1.54) is 6.92 Å². The minimum Gasteiger partial charge on any atom is -0.295 e. The minimum absolute atomic E-state index is 0.0818. The Hall–Kier alpha value is -1.11. The summed E-state index contributed by atoms with van der Waals surface area (Å²) in [4.78, 5) is 10.4. The van der Waals surface area contributed by atoms with Crippen LogP contribution in [0.3, 0.4) is 0 Å². The lowest BCUT2D eigenvalue weighted by atomic mass is 10.3. The average molecular weight is 150 g/mol. The Morgan fingerprint density at radius 1 is 1.36 bits per heavy atom. The summed E-state index contributed by atoms with van der Waals surface area (Å²) < 4.78 is 0. The molecule has 0 aliphatic rings. The van der Waals surface area contributed by atoms with Gasteiger partial charge in [-0.2, -0.15) is 0 Å². The van der Waals surface area contributed by atoms with E-state index in [0.29, 0.717) is 0 Å². The summed E-state index contributed by atoms with van der Waals surface area (Å²) in [6.07, 6.45) is 11.1. The van der Waals surface area contributed by atoms with Gasteiger partial charge in [-0.25, -0.2) is 0 Å². The largest absolute Gasteiger partial charge is 0.295 e. The number of unbranched alkanes of at least 4 members (excludes halogenated alkanes) is 1. The van der Waals surface area contributed by atoms with Crippen LogP contribution in [0.4, 0.5) is 0 Å². The fraction of sp³-hybridized carbons (Fsp3) is 0.300. The van der Waals surface area contributed by atoms with Gasteiger partial charge >= 0.3 is 0 Å². The normalized spacial score (nSPS) is 11.0. The molecule has 0 aromatic carbocycles. The van der Waals surface area contributed by atoms with Crippen molar-refractivity contribution in [3.63, 3.8) is 0 Å². The van der Waals surface area contributed by atoms with E-state index in [0.717, 1.165) is 12.8 Å². The highest BCUT2D eigenvalue weighted by Crippen LogP contribution is 1.91. The first-order chi connectivity index (χ1) is 5.27. The third kappa shape index (κ3) is 8.89. The molecule has 0 amide bonds. The number of hydrogen-bond donors (Lipinski definition) is 0. The maximum absolute atomic E-state index is 10.4. The molecule has 60 valence electrons. The van der Waals surface area contributed by atoms with E-state index in [2.05, 4.69) is 6.58 Å². The monoisotopic (exact) mass is 150 g/mol. The summed E-state index contributed by atoms with van der Waals surface area (Å²) in [5.74, 6) is 0.0818. The van der Waals surface area contributed by atoms with E-state index in [4.69, 9.17) is 0 Å². The van der Waals surface area contributed by atoms with Crippen LogP contribution in [0.15, 0.2) is 37.0 Å². The Kier molecular flexibility index (Phi) is 6.30. The highest BCUT2D eigenvalue weighted by Gasteiger charge is 1.76. The molecule has 1 heteroatoms. The Morgan fingerprint density at radius 3 is 2.64 bits per heavy atom. The Balaban J connectivity index is 3.43. The second-order valence-electron chi connectivity index (χ2n) is 2.26. The van der Waals surface area contributed by atoms with Crippen molar-refractivity contribution in [2.75, 3.05) is 0 Å². The van der Waals surface area contributed by atoms with Gasteiger partial charge in [-0.15, -0.1) is 6.58 Å². The number of carbonyl (C=O) groups excluding carboxylic acids is 1. The van der Waals surface area contributed by atoms with E-state index in [9.17, 15) is 4.79 Å². The number of rotatable bonds is 5. The number of allylic oxidation sites excluding steroid dienone is 5. The van der Waals surface area contributed by atoms with Crippen LogP contribution in [0.5, 0.6) is 0 Å². The average Bonchev–Trinajstić information content (AvgIpc) is 1.96. The highest BCUT2D eigenvalue weighted by atomic mass is 16.1. The van der Waals surface area contributed by atoms with Crippen molar-refractivity contribution in [1.29, 1.82) is 0 Å². The number of ketones is 1. The van der Waals surface area contributed by atoms with Crippen molar-refractivity contribution in [2.24, 2.45) is 0 Å². The second kappa shape index (κ2) is 7.00. The van der Waals surface area contributed by atoms with Crippen LogP contribution in [-0.2, 0) is 4.79 Å². The first kappa shape index (κ1) is 9.89. The van der Waals surface area contributed by atoms with Crippen LogP contribution in [0.1, 0.15) is 19.8 Å². The SMILES string of the molecule is C=CCCC=CC=CC(C)=O. The molecule has 0 aromatic heterocycles. The molecule has 11 heavy (non-hydrogen) atoms. The smallest absolute Gasteiger partial charge is 0.152 e. The van der Waals surface area contributed by atoms with Gasteiger partial charge in [0.25, 0.3) is 0 Å². The predicted octanol–water partition coefficient (Wildman–Crippen LogP) is 2.65. The molecule has 0 aromatic rings. The standard InChI is InChI=1S/C10H14O/c1-3-4-5-6-7-8-9-10(2)11/h3,6-9H,1,4-5H2,2H3. The Morgan fingerprint density at radius 2 is 2.09 bits per heavy atom. The summed E-state index contributed by atoms with van der Waals surface area (Å²) in [5.41, 5.74) is 0. The summed E-state index contributed by atoms with van der Waals surface area (Å²) in [6.45, 7) is 5.14. The molecule has 0 fully saturated rings. The molecule has 0 atom stereocenters. The molecule has 0 saturated carbocycles. The molecule has 0 bridgehead atoms. The predicted molar refractivity (Wildman–Crippen MR) is 48.4 cm³/mol. The third-order valence-electron chi connectivity index (χ3n) is 1.12. The van der Waals surface area contributed by atoms with Gasteiger partial charge in [0, 0.05) is 0 Å². The topological polar surface area (TPSA) is 17.1 Å². The van der Waals surface area contributed by atoms with Crippen molar-refractivity contribution < 1.29 is 4.79 Å². The summed E-state index contributed by atoms with van der Waals surface area (Å²) >= 11 is 0. The lowest BCUT2D eigenvalue weighted by Crippen LogP contribution is -1.77. The fourth-order valence-corrected chi connectivity index (χ4v) is 0.580. The van der Waals surface area contributed by atoms with Crippen molar-refractivity contribution in [3.05, 3.63) is 37.0 Å². The zero-order valence-corrected chi connectivity index (χ0v) is 6.92. The van der Waals surface area contributed by atoms with Gasteiger partial charge in [-0.05, 0) is 25.8 Å². The van der Waals surface area contributed by atoms with E-state index in [1.54, 1.807) is 12.2 Å². The quantitative estimate of drug-likeness (QED) is 0.255. The Bertz CT molecular complexity index is 175. The highest BCUT2D eigenvalue weighted by molar-refractivity contribution is 5.87. The molecule has 0 aliphatic carbocycles. The van der Waals surface area contributed by atoms with Crippen molar-refractivity contribution in [1.82, 2.24) is 0 Å². The Labute approximate surface area is 68.1 Å². The maximum atomic E-state index is 10.4. The van der Waals surface area contributed by atoms with Crippen LogP contribution in [0, 0.1) is 0 Å². The van der Waals surface area contributed by atoms with Gasteiger partial charge in [0.1, 0.15) is 0 Å². The number of hydrogen-bond acceptors (Lipinski definition) is 1. The lowest BCUT2D eigenvalue weighted by Gasteiger charge is -1.81. The molecule has 0 unspecified atom stereocenters. The van der Waals surface area contributed by atoms with Crippen LogP contribution in [-0.4, -0.2) is 5.78 Å². The van der Waals surface area contributed by atoms with Gasteiger partial charge in [0.2, 0.25) is 0 Å². The molecule has 0 aliphatic heterocycles. The molecule has 0 saturated heterocycles. The van der Waals surface area contributed by atoms with Gasteiger partial charge in [-0.3, -0.25) is 4.79 Å². The molecule has 0 radical (unpaired) electrons. The molecule has 0 rings (SSSR count). The van der Waals surface area contributed by atoms with Gasteiger partial charge < -0.3 is 0 Å². The minimum atomic E-state index is 0.0818. The summed E-state index contributed by atoms with van der Waals surface area (Å²) in [5, 5.41) is 0. The van der Waals surface area contributed by atoms with Gasteiger partial charge in [0.15, 0.2) is 5.78 Å². The van der Waals surface area contributed by atoms with Crippen molar-refractivity contribution in [2.45, 2.75) is 19.8 Å². The molecule has 1 nitrogen and oxygen atoms in total. The molecular formula is C10H14O. The summed E-state index contributed by atoms with van der Waals surface area (Å²) in [7, 11) is 0. The molecule has 0 N–H and O–H groups in total. The van der Waals surface area contributed by atoms with E-state index in [1.807, 2.05) is 18.2 Å². The van der Waals surface area contributed by atoms with Crippen LogP contribution < -0.4 is 0 Å².